The van der Waals surface area contributed by atoms with Gasteiger partial charge < -0.3 is 10.5 Å². The van der Waals surface area contributed by atoms with Crippen molar-refractivity contribution in [3.05, 3.63) is 29.3 Å². The van der Waals surface area contributed by atoms with Crippen LogP contribution in [0.2, 0.25) is 0 Å². The van der Waals surface area contributed by atoms with Crippen LogP contribution in [0.1, 0.15) is 30.9 Å². The fourth-order valence-corrected chi connectivity index (χ4v) is 1.67. The third kappa shape index (κ3) is 3.56. The predicted molar refractivity (Wildman–Crippen MR) is 64.3 cm³/mol. The van der Waals surface area contributed by atoms with Crippen molar-refractivity contribution in [1.82, 2.24) is 0 Å². The molecule has 2 N–H and O–H groups in total. The summed E-state index contributed by atoms with van der Waals surface area (Å²) in [5.74, 6) is 0.990. The van der Waals surface area contributed by atoms with Gasteiger partial charge in [-0.3, -0.25) is 0 Å². The van der Waals surface area contributed by atoms with E-state index in [-0.39, 0.29) is 6.04 Å². The summed E-state index contributed by atoms with van der Waals surface area (Å²) in [6.45, 7) is 6.87. The van der Waals surface area contributed by atoms with E-state index in [1.807, 2.05) is 6.07 Å². The van der Waals surface area contributed by atoms with Gasteiger partial charge in [0, 0.05) is 6.04 Å². The van der Waals surface area contributed by atoms with Gasteiger partial charge in [0.05, 0.1) is 0 Å². The summed E-state index contributed by atoms with van der Waals surface area (Å²) >= 11 is 0. The van der Waals surface area contributed by atoms with Gasteiger partial charge in [0.2, 0.25) is 0 Å². The number of rotatable bonds is 5. The molecule has 0 saturated heterocycles. The van der Waals surface area contributed by atoms with E-state index < -0.39 is 0 Å². The molecule has 1 unspecified atom stereocenters. The van der Waals surface area contributed by atoms with E-state index in [4.69, 9.17) is 10.5 Å². The monoisotopic (exact) mass is 207 g/mol. The zero-order chi connectivity index (χ0) is 11.3. The summed E-state index contributed by atoms with van der Waals surface area (Å²) < 4.78 is 5.76. The maximum Gasteiger partial charge on any atom is 0.125 e. The van der Waals surface area contributed by atoms with Crippen molar-refractivity contribution in [3.63, 3.8) is 0 Å². The molecule has 0 amide bonds. The molecule has 0 spiro atoms. The van der Waals surface area contributed by atoms with Gasteiger partial charge >= 0.3 is 0 Å². The molecule has 1 aromatic carbocycles. The molecule has 84 valence electrons. The van der Waals surface area contributed by atoms with Gasteiger partial charge in [-0.1, -0.05) is 31.5 Å². The Morgan fingerprint density at radius 2 is 1.87 bits per heavy atom. The molecule has 2 heteroatoms. The lowest BCUT2D eigenvalue weighted by molar-refractivity contribution is 0.278. The zero-order valence-corrected chi connectivity index (χ0v) is 9.92. The average Bonchev–Trinajstić information content (AvgIpc) is 2.17. The Hall–Kier alpha value is -1.02. The molecule has 1 rings (SSSR count). The lowest BCUT2D eigenvalue weighted by Crippen LogP contribution is -2.27. The Balaban J connectivity index is 2.57. The van der Waals surface area contributed by atoms with Crippen molar-refractivity contribution < 1.29 is 4.74 Å². The highest BCUT2D eigenvalue weighted by Gasteiger charge is 2.06. The third-order valence-corrected chi connectivity index (χ3v) is 2.51. The number of ether oxygens (including phenoxy) is 1. The molecule has 0 heterocycles. The van der Waals surface area contributed by atoms with E-state index in [0.29, 0.717) is 6.61 Å². The van der Waals surface area contributed by atoms with Gasteiger partial charge in [-0.05, 0) is 31.4 Å². The number of hydrogen-bond acceptors (Lipinski definition) is 2. The average molecular weight is 207 g/mol. The molecule has 1 aromatic rings. The van der Waals surface area contributed by atoms with Crippen LogP contribution in [0.4, 0.5) is 0 Å². The van der Waals surface area contributed by atoms with E-state index in [9.17, 15) is 0 Å². The molecule has 0 aliphatic rings. The van der Waals surface area contributed by atoms with Gasteiger partial charge in [0.1, 0.15) is 12.4 Å². The minimum atomic E-state index is 0.147. The molecular formula is C13H21NO. The highest BCUT2D eigenvalue weighted by Crippen LogP contribution is 2.22. The normalized spacial score (nSPS) is 12.5. The Morgan fingerprint density at radius 1 is 1.27 bits per heavy atom. The summed E-state index contributed by atoms with van der Waals surface area (Å²) in [7, 11) is 0. The summed E-state index contributed by atoms with van der Waals surface area (Å²) in [6.07, 6.45) is 2.13. The molecule has 0 saturated carbocycles. The van der Waals surface area contributed by atoms with Gasteiger partial charge in [-0.25, -0.2) is 0 Å². The van der Waals surface area contributed by atoms with Crippen LogP contribution in [0.25, 0.3) is 0 Å². The maximum atomic E-state index is 5.91. The van der Waals surface area contributed by atoms with Crippen LogP contribution in [-0.4, -0.2) is 12.6 Å². The molecule has 1 atom stereocenters. The number of nitrogens with two attached hydrogens (primary N) is 1. The van der Waals surface area contributed by atoms with E-state index in [2.05, 4.69) is 32.9 Å². The molecule has 2 nitrogen and oxygen atoms in total. The zero-order valence-electron chi connectivity index (χ0n) is 9.92. The number of hydrogen-bond donors (Lipinski definition) is 1. The van der Waals surface area contributed by atoms with Crippen molar-refractivity contribution in [2.45, 2.75) is 39.7 Å². The Bertz CT molecular complexity index is 289. The summed E-state index contributed by atoms with van der Waals surface area (Å²) in [5, 5.41) is 0. The van der Waals surface area contributed by atoms with Gasteiger partial charge in [0.15, 0.2) is 0 Å². The highest BCUT2D eigenvalue weighted by atomic mass is 16.5. The summed E-state index contributed by atoms with van der Waals surface area (Å²) in [6, 6.07) is 6.32. The predicted octanol–water partition coefficient (Wildman–Crippen LogP) is 2.81. The van der Waals surface area contributed by atoms with Crippen LogP contribution in [-0.2, 0) is 0 Å². The molecule has 0 fully saturated rings. The minimum Gasteiger partial charge on any atom is -0.491 e. The van der Waals surface area contributed by atoms with E-state index >= 15 is 0 Å². The standard InChI is InChI=1S/C13H21NO/c1-4-6-12(14)9-15-13-10(2)7-5-8-11(13)3/h5,7-8,12H,4,6,9,14H2,1-3H3. The van der Waals surface area contributed by atoms with Crippen LogP contribution in [0.15, 0.2) is 18.2 Å². The fraction of sp³-hybridized carbons (Fsp3) is 0.538. The quantitative estimate of drug-likeness (QED) is 0.805. The number of benzene rings is 1. The second-order valence-corrected chi connectivity index (χ2v) is 4.08. The van der Waals surface area contributed by atoms with Crippen molar-refractivity contribution in [1.29, 1.82) is 0 Å². The Labute approximate surface area is 92.4 Å². The van der Waals surface area contributed by atoms with Gasteiger partial charge in [0.25, 0.3) is 0 Å². The fourth-order valence-electron chi connectivity index (χ4n) is 1.67. The van der Waals surface area contributed by atoms with Gasteiger partial charge in [-0.2, -0.15) is 0 Å². The first-order chi connectivity index (χ1) is 7.15. The third-order valence-electron chi connectivity index (χ3n) is 2.51. The van der Waals surface area contributed by atoms with E-state index in [1.165, 1.54) is 11.1 Å². The highest BCUT2D eigenvalue weighted by molar-refractivity contribution is 5.39. The second-order valence-electron chi connectivity index (χ2n) is 4.08. The first kappa shape index (κ1) is 12.1. The van der Waals surface area contributed by atoms with E-state index in [0.717, 1.165) is 18.6 Å². The minimum absolute atomic E-state index is 0.147. The van der Waals surface area contributed by atoms with Crippen molar-refractivity contribution in [2.75, 3.05) is 6.61 Å². The summed E-state index contributed by atoms with van der Waals surface area (Å²) in [5.41, 5.74) is 8.27. The maximum absolute atomic E-state index is 5.91. The molecule has 0 aliphatic carbocycles. The van der Waals surface area contributed by atoms with Crippen molar-refractivity contribution >= 4 is 0 Å². The summed E-state index contributed by atoms with van der Waals surface area (Å²) in [4.78, 5) is 0. The van der Waals surface area contributed by atoms with E-state index in [1.54, 1.807) is 0 Å². The molecular weight excluding hydrogens is 186 g/mol. The van der Waals surface area contributed by atoms with Crippen LogP contribution in [0.3, 0.4) is 0 Å². The topological polar surface area (TPSA) is 35.2 Å². The van der Waals surface area contributed by atoms with Crippen molar-refractivity contribution in [3.8, 4) is 5.75 Å². The van der Waals surface area contributed by atoms with Crippen molar-refractivity contribution in [2.24, 2.45) is 5.73 Å². The first-order valence-electron chi connectivity index (χ1n) is 5.59. The van der Waals surface area contributed by atoms with Crippen LogP contribution >= 0.6 is 0 Å². The second kappa shape index (κ2) is 5.76. The molecule has 0 aromatic heterocycles. The van der Waals surface area contributed by atoms with Crippen LogP contribution in [0.5, 0.6) is 5.75 Å². The number of para-hydroxylation sites is 1. The first-order valence-corrected chi connectivity index (χ1v) is 5.59. The lowest BCUT2D eigenvalue weighted by atomic mass is 10.1. The Morgan fingerprint density at radius 3 is 2.40 bits per heavy atom. The van der Waals surface area contributed by atoms with Crippen LogP contribution in [0, 0.1) is 13.8 Å². The molecule has 0 aliphatic heterocycles. The SMILES string of the molecule is CCCC(N)COc1c(C)cccc1C. The largest absolute Gasteiger partial charge is 0.491 e. The Kier molecular flexibility index (Phi) is 4.63. The molecule has 0 radical (unpaired) electrons. The van der Waals surface area contributed by atoms with Gasteiger partial charge in [-0.15, -0.1) is 0 Å². The van der Waals surface area contributed by atoms with Crippen LogP contribution < -0.4 is 10.5 Å². The molecule has 0 bridgehead atoms. The molecule has 15 heavy (non-hydrogen) atoms. The number of aryl methyl sites for hydroxylation is 2. The smallest absolute Gasteiger partial charge is 0.125 e. The lowest BCUT2D eigenvalue weighted by Gasteiger charge is -2.15.